The van der Waals surface area contributed by atoms with E-state index < -0.39 is 0 Å². The number of amides is 2. The van der Waals surface area contributed by atoms with Crippen LogP contribution in [0.3, 0.4) is 0 Å². The molecule has 0 radical (unpaired) electrons. The van der Waals surface area contributed by atoms with Crippen molar-refractivity contribution < 1.29 is 9.07 Å². The van der Waals surface area contributed by atoms with Crippen LogP contribution in [0.2, 0.25) is 0 Å². The second kappa shape index (κ2) is 9.60. The van der Waals surface area contributed by atoms with Crippen LogP contribution < -0.4 is 10.6 Å². The van der Waals surface area contributed by atoms with Crippen LogP contribution in [0.25, 0.3) is 0 Å². The van der Waals surface area contributed by atoms with Gasteiger partial charge in [-0.15, -0.1) is 0 Å². The number of piperidine rings is 1. The summed E-state index contributed by atoms with van der Waals surface area (Å²) in [7, 11) is 0. The molecular formula is C29H44N6O. The van der Waals surface area contributed by atoms with E-state index in [0.29, 0.717) is 23.6 Å². The Morgan fingerprint density at radius 2 is 2.03 bits per heavy atom. The fourth-order valence-electron chi connectivity index (χ4n) is 5.65. The summed E-state index contributed by atoms with van der Waals surface area (Å²) in [6.07, 6.45) is 10.1. The number of urea groups is 1. The number of hydrogen-bond donors (Lipinski definition) is 2. The van der Waals surface area contributed by atoms with E-state index >= 15 is 0 Å². The van der Waals surface area contributed by atoms with Crippen molar-refractivity contribution in [3.05, 3.63) is 65.1 Å². The summed E-state index contributed by atoms with van der Waals surface area (Å²) in [4.78, 5) is 20.2. The number of benzene rings is 1. The van der Waals surface area contributed by atoms with Crippen molar-refractivity contribution in [2.75, 3.05) is 23.7 Å². The van der Waals surface area contributed by atoms with E-state index in [1.807, 2.05) is 29.8 Å². The smallest absolute Gasteiger partial charge is 0.324 e. The monoisotopic (exact) mass is 492 g/mol. The number of nitrogens with one attached hydrogen (secondary N) is 2. The van der Waals surface area contributed by atoms with Gasteiger partial charge in [0.2, 0.25) is 0 Å². The topological polar surface area (TPSA) is 74.6 Å². The van der Waals surface area contributed by atoms with Gasteiger partial charge < -0.3 is 10.2 Å². The van der Waals surface area contributed by atoms with Gasteiger partial charge in [0.25, 0.3) is 0 Å². The minimum absolute atomic E-state index is 0. The van der Waals surface area contributed by atoms with E-state index in [-0.39, 0.29) is 15.8 Å². The highest BCUT2D eigenvalue weighted by Crippen LogP contribution is 2.39. The Bertz CT molecular complexity index is 1250. The van der Waals surface area contributed by atoms with Crippen molar-refractivity contribution >= 4 is 23.8 Å². The minimum Gasteiger partial charge on any atom is -0.356 e. The summed E-state index contributed by atoms with van der Waals surface area (Å²) in [5.74, 6) is 3.32. The van der Waals surface area contributed by atoms with Crippen LogP contribution in [-0.2, 0) is 5.54 Å². The Balaban J connectivity index is 0.00000178. The molecule has 1 saturated heterocycles. The molecule has 1 aromatic heterocycles. The number of carbonyl (C=O) groups excluding carboxylic acids is 1. The standard InChI is InChI=1S/C29H38N6O.3H2/c1-19-17-30-27(25-13-7-12-24(19)25)34-14-8-10-22(18-34)21-9-6-11-23(16-21)31-28(36)32-26-15-20(2)33-35(26)29(3,4)5;;;/h6-7,9,11,13,15-17,19,22,24H,8,10,12,14,18H2,1-5H3,(H2,31,32,36);3*1H. The van der Waals surface area contributed by atoms with Gasteiger partial charge >= 0.3 is 6.03 Å². The lowest BCUT2D eigenvalue weighted by Crippen LogP contribution is -2.36. The van der Waals surface area contributed by atoms with Gasteiger partial charge in [0.15, 0.2) is 0 Å². The van der Waals surface area contributed by atoms with Gasteiger partial charge in [-0.3, -0.25) is 5.32 Å². The Kier molecular flexibility index (Phi) is 6.49. The number of aryl methyl sites for hydroxylation is 1. The molecule has 2 aromatic rings. The molecule has 3 unspecified atom stereocenters. The molecule has 1 fully saturated rings. The van der Waals surface area contributed by atoms with Crippen molar-refractivity contribution in [3.63, 3.8) is 0 Å². The van der Waals surface area contributed by atoms with E-state index in [0.717, 1.165) is 49.6 Å². The average molecular weight is 493 g/mol. The molecule has 5 rings (SSSR count). The van der Waals surface area contributed by atoms with Crippen LogP contribution in [-0.4, -0.2) is 40.0 Å². The fourth-order valence-corrected chi connectivity index (χ4v) is 5.65. The van der Waals surface area contributed by atoms with Crippen LogP contribution >= 0.6 is 0 Å². The van der Waals surface area contributed by atoms with Crippen molar-refractivity contribution in [1.82, 2.24) is 14.7 Å². The summed E-state index contributed by atoms with van der Waals surface area (Å²) < 4.78 is 1.85. The summed E-state index contributed by atoms with van der Waals surface area (Å²) in [6, 6.07) is 9.90. The molecule has 7 heteroatoms. The van der Waals surface area contributed by atoms with E-state index in [4.69, 9.17) is 4.99 Å². The molecule has 0 spiro atoms. The van der Waals surface area contributed by atoms with Crippen LogP contribution in [0.4, 0.5) is 16.3 Å². The van der Waals surface area contributed by atoms with Crippen molar-refractivity contribution in [2.45, 2.75) is 65.3 Å². The highest BCUT2D eigenvalue weighted by atomic mass is 16.2. The molecule has 1 aliphatic carbocycles. The van der Waals surface area contributed by atoms with Crippen LogP contribution in [0.5, 0.6) is 0 Å². The number of carbonyl (C=O) groups is 1. The van der Waals surface area contributed by atoms with Gasteiger partial charge in [0.05, 0.1) is 11.2 Å². The zero-order valence-corrected chi connectivity index (χ0v) is 22.1. The summed E-state index contributed by atoms with van der Waals surface area (Å²) >= 11 is 0. The van der Waals surface area contributed by atoms with Gasteiger partial charge in [-0.05, 0) is 82.1 Å². The molecule has 7 nitrogen and oxygen atoms in total. The van der Waals surface area contributed by atoms with Gasteiger partial charge in [-0.25, -0.2) is 14.5 Å². The first-order chi connectivity index (χ1) is 17.2. The quantitative estimate of drug-likeness (QED) is 0.482. The van der Waals surface area contributed by atoms with E-state index in [1.54, 1.807) is 0 Å². The molecule has 2 aliphatic heterocycles. The maximum atomic E-state index is 12.8. The number of nitrogens with zero attached hydrogens (tertiary/aromatic N) is 4. The lowest BCUT2D eigenvalue weighted by Gasteiger charge is -2.37. The molecule has 0 saturated carbocycles. The maximum Gasteiger partial charge on any atom is 0.324 e. The summed E-state index contributed by atoms with van der Waals surface area (Å²) in [5, 5.41) is 10.5. The largest absolute Gasteiger partial charge is 0.356 e. The van der Waals surface area contributed by atoms with Gasteiger partial charge in [-0.2, -0.15) is 5.10 Å². The van der Waals surface area contributed by atoms with Crippen molar-refractivity contribution in [2.24, 2.45) is 16.8 Å². The van der Waals surface area contributed by atoms with Crippen LogP contribution in [0, 0.1) is 18.8 Å². The minimum atomic E-state index is -0.264. The molecule has 3 aliphatic rings. The number of anilines is 2. The van der Waals surface area contributed by atoms with Gasteiger partial charge in [0, 0.05) is 41.3 Å². The normalized spacial score (nSPS) is 23.7. The fraction of sp³-hybridized carbons (Fsp3) is 0.483. The Labute approximate surface area is 218 Å². The molecular weight excluding hydrogens is 448 g/mol. The molecule has 3 atom stereocenters. The Hall–Kier alpha value is -3.35. The Morgan fingerprint density at radius 3 is 2.83 bits per heavy atom. The zero-order valence-electron chi connectivity index (χ0n) is 22.1. The van der Waals surface area contributed by atoms with Crippen molar-refractivity contribution in [1.29, 1.82) is 0 Å². The number of hydrogen-bond acceptors (Lipinski definition) is 4. The van der Waals surface area contributed by atoms with Crippen LogP contribution in [0.1, 0.15) is 68.4 Å². The molecule has 196 valence electrons. The third kappa shape index (κ3) is 4.97. The third-order valence-corrected chi connectivity index (χ3v) is 7.46. The molecule has 1 aromatic carbocycles. The zero-order chi connectivity index (χ0) is 25.4. The lowest BCUT2D eigenvalue weighted by molar-refractivity contribution is 0.250. The van der Waals surface area contributed by atoms with E-state index in [1.165, 1.54) is 11.1 Å². The molecule has 2 amide bonds. The number of allylic oxidation sites excluding steroid dienone is 3. The number of aliphatic imine (C=N–C) groups is 1. The summed E-state index contributed by atoms with van der Waals surface area (Å²) in [6.45, 7) is 12.4. The Morgan fingerprint density at radius 1 is 1.19 bits per heavy atom. The molecule has 36 heavy (non-hydrogen) atoms. The van der Waals surface area contributed by atoms with Gasteiger partial charge in [-0.1, -0.05) is 31.2 Å². The molecule has 3 heterocycles. The second-order valence-corrected chi connectivity index (χ2v) is 11.4. The van der Waals surface area contributed by atoms with Gasteiger partial charge in [0.1, 0.15) is 11.6 Å². The number of rotatable bonds is 4. The highest BCUT2D eigenvalue weighted by Gasteiger charge is 2.32. The molecule has 0 bridgehead atoms. The first kappa shape index (κ1) is 24.3. The lowest BCUT2D eigenvalue weighted by atomic mass is 9.86. The number of likely N-dealkylation sites (tertiary alicyclic amines) is 1. The van der Waals surface area contributed by atoms with Crippen molar-refractivity contribution in [3.8, 4) is 0 Å². The SMILES string of the molecule is Cc1cc(NC(=O)Nc2cccc(C3CCCN(C4=C5C=CCC5C(C)C=N4)C3)c2)n(C(C)(C)C)n1.[HH].[HH].[HH]. The average Bonchev–Trinajstić information content (AvgIpc) is 3.47. The number of aromatic nitrogens is 2. The predicted octanol–water partition coefficient (Wildman–Crippen LogP) is 7.02. The first-order valence-electron chi connectivity index (χ1n) is 13.1. The third-order valence-electron chi connectivity index (χ3n) is 7.46. The first-order valence-corrected chi connectivity index (χ1v) is 13.1. The van der Waals surface area contributed by atoms with E-state index in [2.05, 4.69) is 78.8 Å². The molecule has 2 N–H and O–H groups in total. The highest BCUT2D eigenvalue weighted by molar-refractivity contribution is 5.99. The number of fused-ring (bicyclic) bond motifs is 1. The second-order valence-electron chi connectivity index (χ2n) is 11.4. The maximum absolute atomic E-state index is 12.8. The predicted molar refractivity (Wildman–Crippen MR) is 153 cm³/mol. The van der Waals surface area contributed by atoms with E-state index in [9.17, 15) is 4.79 Å². The van der Waals surface area contributed by atoms with Crippen LogP contribution in [0.15, 0.2) is 58.9 Å². The summed E-state index contributed by atoms with van der Waals surface area (Å²) in [5.41, 5.74) is 4.10.